The first kappa shape index (κ1) is 18.7. The third-order valence-electron chi connectivity index (χ3n) is 2.02. The van der Waals surface area contributed by atoms with Crippen molar-refractivity contribution in [1.29, 1.82) is 0 Å². The van der Waals surface area contributed by atoms with Crippen LogP contribution in [0.3, 0.4) is 0 Å². The van der Waals surface area contributed by atoms with Gasteiger partial charge in [0, 0.05) is 12.7 Å². The summed E-state index contributed by atoms with van der Waals surface area (Å²) in [7, 11) is 0. The van der Waals surface area contributed by atoms with Crippen molar-refractivity contribution in [2.45, 2.75) is 44.6 Å². The highest BCUT2D eigenvalue weighted by Crippen LogP contribution is 2.15. The van der Waals surface area contributed by atoms with Gasteiger partial charge in [0.1, 0.15) is 16.9 Å². The standard InChI is InChI=1S/C12H22N2O5S/c1-7(16)14-8(11(18)19-12(2,3)4)6-20-9(5-15)10(13)17/h8-9,15H,5-6H2,1-4H3,(H2,13,17)(H,14,16)/t8-,9-/m1/s1. The Morgan fingerprint density at radius 3 is 2.25 bits per heavy atom. The summed E-state index contributed by atoms with van der Waals surface area (Å²) >= 11 is 0.994. The average molecular weight is 306 g/mol. The Hall–Kier alpha value is -1.28. The Labute approximate surface area is 122 Å². The molecule has 0 aliphatic rings. The number of nitrogens with one attached hydrogen (secondary N) is 1. The molecule has 0 rings (SSSR count). The summed E-state index contributed by atoms with van der Waals surface area (Å²) in [5.41, 5.74) is 4.41. The lowest BCUT2D eigenvalue weighted by Crippen LogP contribution is -2.45. The quantitative estimate of drug-likeness (QED) is 0.541. The van der Waals surface area contributed by atoms with Gasteiger partial charge < -0.3 is 20.9 Å². The maximum absolute atomic E-state index is 11.9. The van der Waals surface area contributed by atoms with E-state index >= 15 is 0 Å². The summed E-state index contributed by atoms with van der Waals surface area (Å²) in [4.78, 5) is 34.0. The lowest BCUT2D eigenvalue weighted by atomic mass is 10.2. The molecule has 0 aromatic heterocycles. The normalized spacial score (nSPS) is 14.2. The van der Waals surface area contributed by atoms with Crippen molar-refractivity contribution in [1.82, 2.24) is 5.32 Å². The van der Waals surface area contributed by atoms with Crippen LogP contribution >= 0.6 is 11.8 Å². The topological polar surface area (TPSA) is 119 Å². The molecule has 7 nitrogen and oxygen atoms in total. The number of amides is 2. The van der Waals surface area contributed by atoms with E-state index in [4.69, 9.17) is 15.6 Å². The largest absolute Gasteiger partial charge is 0.458 e. The van der Waals surface area contributed by atoms with Crippen LogP contribution in [-0.2, 0) is 19.1 Å². The third-order valence-corrected chi connectivity index (χ3v) is 3.33. The molecule has 0 aromatic carbocycles. The van der Waals surface area contributed by atoms with E-state index in [2.05, 4.69) is 5.32 Å². The van der Waals surface area contributed by atoms with Gasteiger partial charge in [-0.2, -0.15) is 0 Å². The molecule has 0 saturated carbocycles. The fourth-order valence-electron chi connectivity index (χ4n) is 1.22. The number of nitrogens with two attached hydrogens (primary N) is 1. The number of ether oxygens (including phenoxy) is 1. The fraction of sp³-hybridized carbons (Fsp3) is 0.750. The van der Waals surface area contributed by atoms with Crippen LogP contribution in [0, 0.1) is 0 Å². The third kappa shape index (κ3) is 8.00. The molecular weight excluding hydrogens is 284 g/mol. The maximum Gasteiger partial charge on any atom is 0.330 e. The molecule has 0 aliphatic carbocycles. The molecule has 2 amide bonds. The predicted molar refractivity (Wildman–Crippen MR) is 76.0 cm³/mol. The van der Waals surface area contributed by atoms with Crippen molar-refractivity contribution in [3.05, 3.63) is 0 Å². The number of rotatable bonds is 7. The van der Waals surface area contributed by atoms with Gasteiger partial charge in [0.25, 0.3) is 0 Å². The molecule has 8 heteroatoms. The van der Waals surface area contributed by atoms with Crippen LogP contribution in [0.1, 0.15) is 27.7 Å². The van der Waals surface area contributed by atoms with Crippen molar-refractivity contribution in [3.63, 3.8) is 0 Å². The van der Waals surface area contributed by atoms with Gasteiger partial charge in [0.05, 0.1) is 6.61 Å². The molecule has 0 bridgehead atoms. The highest BCUT2D eigenvalue weighted by Gasteiger charge is 2.27. The first-order valence-electron chi connectivity index (χ1n) is 6.08. The number of carbonyl (C=O) groups excluding carboxylic acids is 3. The van der Waals surface area contributed by atoms with Crippen LogP contribution in [0.5, 0.6) is 0 Å². The molecule has 116 valence electrons. The monoisotopic (exact) mass is 306 g/mol. The average Bonchev–Trinajstić information content (AvgIpc) is 2.24. The summed E-state index contributed by atoms with van der Waals surface area (Å²) in [5, 5.41) is 10.6. The number of hydrogen-bond acceptors (Lipinski definition) is 6. The molecule has 0 heterocycles. The predicted octanol–water partition coefficient (Wildman–Crippen LogP) is -0.588. The Morgan fingerprint density at radius 2 is 1.90 bits per heavy atom. The van der Waals surface area contributed by atoms with E-state index in [0.29, 0.717) is 0 Å². The molecule has 0 spiro atoms. The number of aliphatic hydroxyl groups excluding tert-OH is 1. The van der Waals surface area contributed by atoms with Crippen molar-refractivity contribution < 1.29 is 24.2 Å². The van der Waals surface area contributed by atoms with Crippen LogP contribution in [0.2, 0.25) is 0 Å². The number of esters is 1. The zero-order valence-corrected chi connectivity index (χ0v) is 13.0. The van der Waals surface area contributed by atoms with E-state index < -0.39 is 35.4 Å². The Kier molecular flexibility index (Phi) is 7.59. The minimum Gasteiger partial charge on any atom is -0.458 e. The Morgan fingerprint density at radius 1 is 1.35 bits per heavy atom. The number of thioether (sulfide) groups is 1. The van der Waals surface area contributed by atoms with Crippen molar-refractivity contribution in [3.8, 4) is 0 Å². The summed E-state index contributed by atoms with van der Waals surface area (Å²) in [6.07, 6.45) is 0. The summed E-state index contributed by atoms with van der Waals surface area (Å²) in [5.74, 6) is -1.58. The van der Waals surface area contributed by atoms with Gasteiger partial charge in [-0.25, -0.2) is 4.79 Å². The minimum absolute atomic E-state index is 0.0860. The van der Waals surface area contributed by atoms with Gasteiger partial charge in [-0.15, -0.1) is 11.8 Å². The van der Waals surface area contributed by atoms with Crippen LogP contribution in [-0.4, -0.2) is 52.1 Å². The van der Waals surface area contributed by atoms with Gasteiger partial charge in [0.15, 0.2) is 0 Å². The van der Waals surface area contributed by atoms with E-state index in [1.54, 1.807) is 20.8 Å². The minimum atomic E-state index is -0.898. The van der Waals surface area contributed by atoms with E-state index in [9.17, 15) is 14.4 Å². The van der Waals surface area contributed by atoms with E-state index in [0.717, 1.165) is 11.8 Å². The van der Waals surface area contributed by atoms with Gasteiger partial charge in [-0.05, 0) is 20.8 Å². The lowest BCUT2D eigenvalue weighted by molar-refractivity contribution is -0.157. The number of aliphatic hydroxyl groups is 1. The summed E-state index contributed by atoms with van der Waals surface area (Å²) in [6.45, 7) is 5.98. The van der Waals surface area contributed by atoms with Gasteiger partial charge in [-0.1, -0.05) is 0 Å². The second-order valence-electron chi connectivity index (χ2n) is 5.19. The molecular formula is C12H22N2O5S. The van der Waals surface area contributed by atoms with Gasteiger partial charge in [0.2, 0.25) is 11.8 Å². The highest BCUT2D eigenvalue weighted by atomic mass is 32.2. The fourth-order valence-corrected chi connectivity index (χ4v) is 2.14. The zero-order chi connectivity index (χ0) is 15.9. The lowest BCUT2D eigenvalue weighted by Gasteiger charge is -2.24. The SMILES string of the molecule is CC(=O)N[C@H](CS[C@H](CO)C(N)=O)C(=O)OC(C)(C)C. The molecule has 0 saturated heterocycles. The van der Waals surface area contributed by atoms with Crippen molar-refractivity contribution >= 4 is 29.5 Å². The number of carbonyl (C=O) groups is 3. The van der Waals surface area contributed by atoms with Crippen molar-refractivity contribution in [2.24, 2.45) is 5.73 Å². The zero-order valence-electron chi connectivity index (χ0n) is 12.1. The first-order valence-corrected chi connectivity index (χ1v) is 7.13. The highest BCUT2D eigenvalue weighted by molar-refractivity contribution is 8.00. The van der Waals surface area contributed by atoms with E-state index in [1.165, 1.54) is 6.92 Å². The van der Waals surface area contributed by atoms with Crippen LogP contribution in [0.4, 0.5) is 0 Å². The summed E-state index contributed by atoms with van der Waals surface area (Å²) in [6, 6.07) is -0.898. The molecule has 0 unspecified atom stereocenters. The van der Waals surface area contributed by atoms with Crippen molar-refractivity contribution in [2.75, 3.05) is 12.4 Å². The Bertz CT molecular complexity index is 367. The Balaban J connectivity index is 4.68. The number of primary amides is 1. The first-order chi connectivity index (χ1) is 9.06. The maximum atomic E-state index is 11.9. The molecule has 4 N–H and O–H groups in total. The molecule has 0 aliphatic heterocycles. The van der Waals surface area contributed by atoms with Crippen LogP contribution < -0.4 is 11.1 Å². The van der Waals surface area contributed by atoms with Crippen LogP contribution in [0.15, 0.2) is 0 Å². The molecule has 20 heavy (non-hydrogen) atoms. The smallest absolute Gasteiger partial charge is 0.330 e. The van der Waals surface area contributed by atoms with Gasteiger partial charge >= 0.3 is 5.97 Å². The molecule has 0 fully saturated rings. The van der Waals surface area contributed by atoms with E-state index in [1.807, 2.05) is 0 Å². The number of hydrogen-bond donors (Lipinski definition) is 3. The summed E-state index contributed by atoms with van der Waals surface area (Å²) < 4.78 is 5.18. The molecule has 0 aromatic rings. The second kappa shape index (κ2) is 8.11. The molecule has 0 radical (unpaired) electrons. The van der Waals surface area contributed by atoms with Gasteiger partial charge in [-0.3, -0.25) is 9.59 Å². The molecule has 2 atom stereocenters. The second-order valence-corrected chi connectivity index (χ2v) is 6.43. The van der Waals surface area contributed by atoms with Crippen LogP contribution in [0.25, 0.3) is 0 Å². The van der Waals surface area contributed by atoms with E-state index in [-0.39, 0.29) is 11.7 Å².